The molecule has 1 aliphatic heterocycles. The first-order valence-corrected chi connectivity index (χ1v) is 9.98. The minimum atomic E-state index is 0.0239. The fourth-order valence-electron chi connectivity index (χ4n) is 3.68. The van der Waals surface area contributed by atoms with Crippen LogP contribution < -0.4 is 10.2 Å². The molecule has 2 aromatic carbocycles. The number of para-hydroxylation sites is 1. The SMILES string of the molecule is CC(NC(=O)CCN1CCCN(c2ccccc2C#N)CC1)c1ccccc1. The molecule has 1 fully saturated rings. The van der Waals surface area contributed by atoms with Gasteiger partial charge < -0.3 is 15.1 Å². The summed E-state index contributed by atoms with van der Waals surface area (Å²) in [5, 5.41) is 12.4. The van der Waals surface area contributed by atoms with Crippen molar-refractivity contribution in [3.63, 3.8) is 0 Å². The Kier molecular flexibility index (Phi) is 7.05. The highest BCUT2D eigenvalue weighted by Crippen LogP contribution is 2.21. The Balaban J connectivity index is 1.47. The van der Waals surface area contributed by atoms with Crippen molar-refractivity contribution in [1.29, 1.82) is 5.26 Å². The second-order valence-corrected chi connectivity index (χ2v) is 7.26. The molecular formula is C23H28N4O. The van der Waals surface area contributed by atoms with E-state index in [1.807, 2.05) is 61.5 Å². The van der Waals surface area contributed by atoms with E-state index < -0.39 is 0 Å². The molecule has 1 saturated heterocycles. The molecular weight excluding hydrogens is 348 g/mol. The van der Waals surface area contributed by atoms with E-state index in [2.05, 4.69) is 21.2 Å². The summed E-state index contributed by atoms with van der Waals surface area (Å²) in [5.41, 5.74) is 2.86. The number of amides is 1. The Labute approximate surface area is 167 Å². The summed E-state index contributed by atoms with van der Waals surface area (Å²) in [6, 6.07) is 20.1. The largest absolute Gasteiger partial charge is 0.369 e. The average molecular weight is 377 g/mol. The maximum Gasteiger partial charge on any atom is 0.221 e. The van der Waals surface area contributed by atoms with Gasteiger partial charge in [-0.25, -0.2) is 0 Å². The summed E-state index contributed by atoms with van der Waals surface area (Å²) in [5.74, 6) is 0.0901. The quantitative estimate of drug-likeness (QED) is 0.840. The normalized spacial score (nSPS) is 16.1. The van der Waals surface area contributed by atoms with Gasteiger partial charge in [0.2, 0.25) is 5.91 Å². The van der Waals surface area contributed by atoms with Crippen LogP contribution in [0.2, 0.25) is 0 Å². The van der Waals surface area contributed by atoms with Crippen LogP contribution in [0.3, 0.4) is 0 Å². The number of nitriles is 1. The smallest absolute Gasteiger partial charge is 0.221 e. The third kappa shape index (κ3) is 5.34. The summed E-state index contributed by atoms with van der Waals surface area (Å²) in [7, 11) is 0. The minimum absolute atomic E-state index is 0.0239. The van der Waals surface area contributed by atoms with Gasteiger partial charge in [-0.3, -0.25) is 4.79 Å². The molecule has 5 heteroatoms. The molecule has 1 aliphatic rings. The molecule has 0 aliphatic carbocycles. The first kappa shape index (κ1) is 19.9. The van der Waals surface area contributed by atoms with E-state index in [1.165, 1.54) is 0 Å². The van der Waals surface area contributed by atoms with Gasteiger partial charge >= 0.3 is 0 Å². The zero-order chi connectivity index (χ0) is 19.8. The predicted molar refractivity (Wildman–Crippen MR) is 112 cm³/mol. The zero-order valence-electron chi connectivity index (χ0n) is 16.5. The Morgan fingerprint density at radius 2 is 1.82 bits per heavy atom. The molecule has 1 heterocycles. The molecule has 146 valence electrons. The van der Waals surface area contributed by atoms with Crippen LogP contribution in [0.25, 0.3) is 0 Å². The Hall–Kier alpha value is -2.84. The first-order chi connectivity index (χ1) is 13.7. The maximum atomic E-state index is 12.3. The lowest BCUT2D eigenvalue weighted by molar-refractivity contribution is -0.122. The number of carbonyl (C=O) groups excluding carboxylic acids is 1. The van der Waals surface area contributed by atoms with Gasteiger partial charge in [-0.05, 0) is 37.6 Å². The highest BCUT2D eigenvalue weighted by Gasteiger charge is 2.18. The number of nitrogens with zero attached hydrogens (tertiary/aromatic N) is 3. The van der Waals surface area contributed by atoms with Crippen molar-refractivity contribution >= 4 is 11.6 Å². The molecule has 1 N–H and O–H groups in total. The summed E-state index contributed by atoms with van der Waals surface area (Å²) in [6.45, 7) is 6.48. The van der Waals surface area contributed by atoms with E-state index in [0.29, 0.717) is 6.42 Å². The number of benzene rings is 2. The summed E-state index contributed by atoms with van der Waals surface area (Å²) in [6.07, 6.45) is 1.54. The monoisotopic (exact) mass is 376 g/mol. The standard InChI is InChI=1S/C23H28N4O/c1-19(20-8-3-2-4-9-20)25-23(28)12-15-26-13-7-14-27(17-16-26)22-11-6-5-10-21(22)18-24/h2-6,8-11,19H,7,12-17H2,1H3,(H,25,28). The zero-order valence-corrected chi connectivity index (χ0v) is 16.5. The molecule has 0 spiro atoms. The fourth-order valence-corrected chi connectivity index (χ4v) is 3.68. The third-order valence-electron chi connectivity index (χ3n) is 5.29. The molecule has 0 saturated carbocycles. The van der Waals surface area contributed by atoms with E-state index in [9.17, 15) is 10.1 Å². The van der Waals surface area contributed by atoms with Gasteiger partial charge in [0.1, 0.15) is 6.07 Å². The molecule has 1 amide bonds. The van der Waals surface area contributed by atoms with Gasteiger partial charge in [0.05, 0.1) is 17.3 Å². The van der Waals surface area contributed by atoms with Crippen LogP contribution in [0.1, 0.15) is 36.9 Å². The summed E-state index contributed by atoms with van der Waals surface area (Å²) >= 11 is 0. The van der Waals surface area contributed by atoms with E-state index in [0.717, 1.165) is 56.0 Å². The number of carbonyl (C=O) groups is 1. The predicted octanol–water partition coefficient (Wildman–Crippen LogP) is 3.34. The van der Waals surface area contributed by atoms with Crippen molar-refractivity contribution in [2.45, 2.75) is 25.8 Å². The van der Waals surface area contributed by atoms with E-state index in [4.69, 9.17) is 0 Å². The lowest BCUT2D eigenvalue weighted by Gasteiger charge is -2.24. The Morgan fingerprint density at radius 3 is 2.61 bits per heavy atom. The highest BCUT2D eigenvalue weighted by atomic mass is 16.1. The Bertz CT molecular complexity index is 815. The third-order valence-corrected chi connectivity index (χ3v) is 5.29. The van der Waals surface area contributed by atoms with Crippen molar-refractivity contribution in [1.82, 2.24) is 10.2 Å². The first-order valence-electron chi connectivity index (χ1n) is 9.98. The summed E-state index contributed by atoms with van der Waals surface area (Å²) < 4.78 is 0. The number of rotatable bonds is 6. The van der Waals surface area contributed by atoms with Crippen molar-refractivity contribution in [2.75, 3.05) is 37.6 Å². The number of hydrogen-bond donors (Lipinski definition) is 1. The molecule has 0 radical (unpaired) electrons. The van der Waals surface area contributed by atoms with Crippen LogP contribution >= 0.6 is 0 Å². The Morgan fingerprint density at radius 1 is 1.07 bits per heavy atom. The second kappa shape index (κ2) is 9.91. The summed E-state index contributed by atoms with van der Waals surface area (Å²) in [4.78, 5) is 17.0. The maximum absolute atomic E-state index is 12.3. The molecule has 0 bridgehead atoms. The minimum Gasteiger partial charge on any atom is -0.369 e. The highest BCUT2D eigenvalue weighted by molar-refractivity contribution is 5.76. The van der Waals surface area contributed by atoms with Gasteiger partial charge in [0.25, 0.3) is 0 Å². The van der Waals surface area contributed by atoms with Crippen LogP contribution in [0, 0.1) is 11.3 Å². The van der Waals surface area contributed by atoms with Gasteiger partial charge in [0.15, 0.2) is 0 Å². The van der Waals surface area contributed by atoms with Gasteiger partial charge in [-0.15, -0.1) is 0 Å². The van der Waals surface area contributed by atoms with Crippen molar-refractivity contribution in [3.05, 3.63) is 65.7 Å². The van der Waals surface area contributed by atoms with Crippen LogP contribution in [-0.4, -0.2) is 43.5 Å². The van der Waals surface area contributed by atoms with Crippen molar-refractivity contribution in [2.24, 2.45) is 0 Å². The fraction of sp³-hybridized carbons (Fsp3) is 0.391. The van der Waals surface area contributed by atoms with Gasteiger partial charge in [-0.1, -0.05) is 42.5 Å². The van der Waals surface area contributed by atoms with Crippen molar-refractivity contribution < 1.29 is 4.79 Å². The lowest BCUT2D eigenvalue weighted by atomic mass is 10.1. The molecule has 5 nitrogen and oxygen atoms in total. The lowest BCUT2D eigenvalue weighted by Crippen LogP contribution is -2.34. The molecule has 1 unspecified atom stereocenters. The average Bonchev–Trinajstić information content (AvgIpc) is 2.98. The van der Waals surface area contributed by atoms with E-state index >= 15 is 0 Å². The molecule has 0 aromatic heterocycles. The molecule has 1 atom stereocenters. The van der Waals surface area contributed by atoms with Crippen LogP contribution in [-0.2, 0) is 4.79 Å². The van der Waals surface area contributed by atoms with Crippen LogP contribution in [0.15, 0.2) is 54.6 Å². The molecule has 3 rings (SSSR count). The molecule has 2 aromatic rings. The van der Waals surface area contributed by atoms with Crippen LogP contribution in [0.4, 0.5) is 5.69 Å². The second-order valence-electron chi connectivity index (χ2n) is 7.26. The molecule has 28 heavy (non-hydrogen) atoms. The topological polar surface area (TPSA) is 59.4 Å². The van der Waals surface area contributed by atoms with E-state index in [1.54, 1.807) is 0 Å². The number of anilines is 1. The van der Waals surface area contributed by atoms with Gasteiger partial charge in [0, 0.05) is 32.6 Å². The van der Waals surface area contributed by atoms with Crippen LogP contribution in [0.5, 0.6) is 0 Å². The number of hydrogen-bond acceptors (Lipinski definition) is 4. The van der Waals surface area contributed by atoms with E-state index in [-0.39, 0.29) is 11.9 Å². The van der Waals surface area contributed by atoms with Crippen molar-refractivity contribution in [3.8, 4) is 6.07 Å². The van der Waals surface area contributed by atoms with Gasteiger partial charge in [-0.2, -0.15) is 5.26 Å². The number of nitrogens with one attached hydrogen (secondary N) is 1.